The van der Waals surface area contributed by atoms with Crippen LogP contribution in [-0.2, 0) is 17.5 Å². The fraction of sp³-hybridized carbons (Fsp3) is 0.250. The Kier molecular flexibility index (Phi) is 5.62. The maximum atomic E-state index is 12.4. The van der Waals surface area contributed by atoms with Crippen LogP contribution in [0.1, 0.15) is 11.1 Å². The van der Waals surface area contributed by atoms with Crippen molar-refractivity contribution in [2.45, 2.75) is 12.7 Å². The second-order valence-corrected chi connectivity index (χ2v) is 4.79. The number of carbonyl (C=O) groups excluding carboxylic acids is 1. The molecule has 1 aromatic carbocycles. The molecular formula is C16H15F3N2O3. The molecule has 1 heterocycles. The van der Waals surface area contributed by atoms with Gasteiger partial charge in [0.2, 0.25) is 5.88 Å². The number of carbonyl (C=O) groups is 1. The van der Waals surface area contributed by atoms with E-state index in [1.807, 2.05) is 0 Å². The molecule has 8 heteroatoms. The molecule has 0 spiro atoms. The molecule has 0 fully saturated rings. The number of nitrogens with zero attached hydrogens (tertiary/aromatic N) is 1. The summed E-state index contributed by atoms with van der Waals surface area (Å²) in [5.41, 5.74) is 0.0238. The van der Waals surface area contributed by atoms with Gasteiger partial charge in [-0.15, -0.1) is 0 Å². The molecule has 0 unspecified atom stereocenters. The zero-order chi connectivity index (χ0) is 17.6. The van der Waals surface area contributed by atoms with Crippen LogP contribution in [0.5, 0.6) is 11.6 Å². The standard InChI is InChI=1S/C16H15F3N2O3/c1-23-15-8-11(6-7-20-15)9-21-14(22)10-24-13-4-2-12(3-5-13)16(17,18)19/h2-8H,9-10H2,1H3,(H,21,22). The topological polar surface area (TPSA) is 60.5 Å². The lowest BCUT2D eigenvalue weighted by Gasteiger charge is -2.10. The summed E-state index contributed by atoms with van der Waals surface area (Å²) in [6, 6.07) is 7.54. The Hall–Kier alpha value is -2.77. The molecular weight excluding hydrogens is 325 g/mol. The fourth-order valence-corrected chi connectivity index (χ4v) is 1.81. The summed E-state index contributed by atoms with van der Waals surface area (Å²) < 4.78 is 47.4. The second-order valence-electron chi connectivity index (χ2n) is 4.79. The molecule has 1 aromatic heterocycles. The highest BCUT2D eigenvalue weighted by molar-refractivity contribution is 5.77. The minimum Gasteiger partial charge on any atom is -0.484 e. The van der Waals surface area contributed by atoms with Gasteiger partial charge in [0.25, 0.3) is 5.91 Å². The number of alkyl halides is 3. The van der Waals surface area contributed by atoms with Crippen LogP contribution in [-0.4, -0.2) is 24.6 Å². The maximum Gasteiger partial charge on any atom is 0.416 e. The van der Waals surface area contributed by atoms with Crippen molar-refractivity contribution in [1.82, 2.24) is 10.3 Å². The highest BCUT2D eigenvalue weighted by Crippen LogP contribution is 2.30. The summed E-state index contributed by atoms with van der Waals surface area (Å²) in [7, 11) is 1.49. The van der Waals surface area contributed by atoms with E-state index in [1.165, 1.54) is 19.2 Å². The number of hydrogen-bond donors (Lipinski definition) is 1. The zero-order valence-electron chi connectivity index (χ0n) is 12.8. The molecule has 0 aliphatic rings. The van der Waals surface area contributed by atoms with Crippen molar-refractivity contribution in [3.63, 3.8) is 0 Å². The largest absolute Gasteiger partial charge is 0.484 e. The number of methoxy groups -OCH3 is 1. The summed E-state index contributed by atoms with van der Waals surface area (Å²) in [6.45, 7) is -0.0400. The Morgan fingerprint density at radius 1 is 1.21 bits per heavy atom. The van der Waals surface area contributed by atoms with Crippen molar-refractivity contribution in [2.24, 2.45) is 0 Å². The van der Waals surface area contributed by atoms with Crippen LogP contribution in [0.2, 0.25) is 0 Å². The predicted octanol–water partition coefficient (Wildman–Crippen LogP) is 2.80. The first-order valence-electron chi connectivity index (χ1n) is 6.94. The van der Waals surface area contributed by atoms with Crippen molar-refractivity contribution in [1.29, 1.82) is 0 Å². The lowest BCUT2D eigenvalue weighted by atomic mass is 10.2. The van der Waals surface area contributed by atoms with Crippen LogP contribution in [0, 0.1) is 0 Å². The van der Waals surface area contributed by atoms with Gasteiger partial charge in [-0.2, -0.15) is 13.2 Å². The van der Waals surface area contributed by atoms with Gasteiger partial charge in [0, 0.05) is 18.8 Å². The van der Waals surface area contributed by atoms with Crippen molar-refractivity contribution < 1.29 is 27.4 Å². The van der Waals surface area contributed by atoms with Gasteiger partial charge in [-0.3, -0.25) is 4.79 Å². The molecule has 1 amide bonds. The van der Waals surface area contributed by atoms with Crippen molar-refractivity contribution >= 4 is 5.91 Å². The number of halogens is 3. The van der Waals surface area contributed by atoms with E-state index >= 15 is 0 Å². The molecule has 1 N–H and O–H groups in total. The average molecular weight is 340 g/mol. The van der Waals surface area contributed by atoms with Gasteiger partial charge in [0.1, 0.15) is 5.75 Å². The van der Waals surface area contributed by atoms with Gasteiger partial charge in [-0.1, -0.05) is 0 Å². The summed E-state index contributed by atoms with van der Waals surface area (Å²) in [6.07, 6.45) is -2.85. The molecule has 0 saturated heterocycles. The first-order chi connectivity index (χ1) is 11.4. The van der Waals surface area contributed by atoms with E-state index in [9.17, 15) is 18.0 Å². The monoisotopic (exact) mass is 340 g/mol. The van der Waals surface area contributed by atoms with E-state index in [-0.39, 0.29) is 18.9 Å². The Labute approximate surface area is 136 Å². The van der Waals surface area contributed by atoms with Crippen molar-refractivity contribution in [3.8, 4) is 11.6 Å². The maximum absolute atomic E-state index is 12.4. The number of ether oxygens (including phenoxy) is 2. The Morgan fingerprint density at radius 2 is 1.92 bits per heavy atom. The normalized spacial score (nSPS) is 11.0. The molecule has 0 aliphatic carbocycles. The van der Waals surface area contributed by atoms with Gasteiger partial charge in [0.05, 0.1) is 12.7 Å². The van der Waals surface area contributed by atoms with E-state index < -0.39 is 17.6 Å². The number of hydrogen-bond acceptors (Lipinski definition) is 4. The van der Waals surface area contributed by atoms with Crippen molar-refractivity contribution in [3.05, 3.63) is 53.7 Å². The first kappa shape index (κ1) is 17.6. The summed E-state index contributed by atoms with van der Waals surface area (Å²) in [5, 5.41) is 2.63. The van der Waals surface area contributed by atoms with E-state index in [0.717, 1.165) is 17.7 Å². The number of benzene rings is 1. The van der Waals surface area contributed by atoms with Crippen LogP contribution in [0.4, 0.5) is 13.2 Å². The third-order valence-electron chi connectivity index (χ3n) is 3.05. The van der Waals surface area contributed by atoms with Crippen molar-refractivity contribution in [2.75, 3.05) is 13.7 Å². The molecule has 0 bridgehead atoms. The second kappa shape index (κ2) is 7.67. The number of aromatic nitrogens is 1. The van der Waals surface area contributed by atoms with Gasteiger partial charge in [-0.25, -0.2) is 4.98 Å². The Bertz CT molecular complexity index is 688. The Balaban J connectivity index is 1.80. The lowest BCUT2D eigenvalue weighted by molar-refractivity contribution is -0.137. The van der Waals surface area contributed by atoms with Crippen LogP contribution >= 0.6 is 0 Å². The number of amides is 1. The van der Waals surface area contributed by atoms with Crippen LogP contribution < -0.4 is 14.8 Å². The fourth-order valence-electron chi connectivity index (χ4n) is 1.81. The molecule has 24 heavy (non-hydrogen) atoms. The van der Waals surface area contributed by atoms with E-state index in [1.54, 1.807) is 18.3 Å². The first-order valence-corrected chi connectivity index (χ1v) is 6.94. The quantitative estimate of drug-likeness (QED) is 0.878. The average Bonchev–Trinajstić information content (AvgIpc) is 2.58. The van der Waals surface area contributed by atoms with Crippen LogP contribution in [0.25, 0.3) is 0 Å². The molecule has 0 aliphatic heterocycles. The van der Waals surface area contributed by atoms with Crippen LogP contribution in [0.15, 0.2) is 42.6 Å². The van der Waals surface area contributed by atoms with Gasteiger partial charge >= 0.3 is 6.18 Å². The SMILES string of the molecule is COc1cc(CNC(=O)COc2ccc(C(F)(F)F)cc2)ccn1. The third-order valence-corrected chi connectivity index (χ3v) is 3.05. The molecule has 2 rings (SSSR count). The molecule has 0 atom stereocenters. The molecule has 0 saturated carbocycles. The number of nitrogens with one attached hydrogen (secondary N) is 1. The molecule has 5 nitrogen and oxygen atoms in total. The van der Waals surface area contributed by atoms with Gasteiger partial charge in [0.15, 0.2) is 6.61 Å². The third kappa shape index (κ3) is 5.15. The minimum absolute atomic E-state index is 0.184. The summed E-state index contributed by atoms with van der Waals surface area (Å²) >= 11 is 0. The number of rotatable bonds is 6. The lowest BCUT2D eigenvalue weighted by Crippen LogP contribution is -2.28. The molecule has 2 aromatic rings. The van der Waals surface area contributed by atoms with E-state index in [2.05, 4.69) is 10.3 Å². The highest BCUT2D eigenvalue weighted by atomic mass is 19.4. The van der Waals surface area contributed by atoms with Gasteiger partial charge < -0.3 is 14.8 Å². The minimum atomic E-state index is -4.40. The molecule has 128 valence electrons. The highest BCUT2D eigenvalue weighted by Gasteiger charge is 2.30. The van der Waals surface area contributed by atoms with Gasteiger partial charge in [-0.05, 0) is 35.9 Å². The zero-order valence-corrected chi connectivity index (χ0v) is 12.8. The van der Waals surface area contributed by atoms with Crippen LogP contribution in [0.3, 0.4) is 0 Å². The predicted molar refractivity (Wildman–Crippen MR) is 79.6 cm³/mol. The number of pyridine rings is 1. The Morgan fingerprint density at radius 3 is 2.54 bits per heavy atom. The summed E-state index contributed by atoms with van der Waals surface area (Å²) in [4.78, 5) is 15.7. The smallest absolute Gasteiger partial charge is 0.416 e. The summed E-state index contributed by atoms with van der Waals surface area (Å²) in [5.74, 6) is 0.220. The van der Waals surface area contributed by atoms with E-state index in [0.29, 0.717) is 5.88 Å². The van der Waals surface area contributed by atoms with E-state index in [4.69, 9.17) is 9.47 Å². The molecule has 0 radical (unpaired) electrons.